The highest BCUT2D eigenvalue weighted by Gasteiger charge is 2.00. The van der Waals surface area contributed by atoms with Crippen LogP contribution >= 0.6 is 0 Å². The van der Waals surface area contributed by atoms with Crippen molar-refractivity contribution in [2.24, 2.45) is 0 Å². The van der Waals surface area contributed by atoms with Crippen LogP contribution in [-0.2, 0) is 6.54 Å². The minimum absolute atomic E-state index is 0.668. The number of benzene rings is 3. The third kappa shape index (κ3) is 3.61. The highest BCUT2D eigenvalue weighted by molar-refractivity contribution is 5.88. The summed E-state index contributed by atoms with van der Waals surface area (Å²) >= 11 is 0. The fourth-order valence-corrected chi connectivity index (χ4v) is 2.38. The lowest BCUT2D eigenvalue weighted by Gasteiger charge is -2.10. The first-order valence-corrected chi connectivity index (χ1v) is 7.29. The summed E-state index contributed by atoms with van der Waals surface area (Å²) in [6, 6.07) is 24.9. The zero-order valence-electron chi connectivity index (χ0n) is 12.0. The van der Waals surface area contributed by atoms with Crippen LogP contribution in [0.25, 0.3) is 10.8 Å². The molecule has 3 rings (SSSR count). The van der Waals surface area contributed by atoms with Crippen molar-refractivity contribution >= 4 is 10.8 Å². The molecule has 1 N–H and O–H groups in total. The lowest BCUT2D eigenvalue weighted by molar-refractivity contribution is 0.317. The van der Waals surface area contributed by atoms with E-state index in [4.69, 9.17) is 4.74 Å². The Hall–Kier alpha value is -2.32. The molecule has 0 radical (unpaired) electrons. The zero-order valence-corrected chi connectivity index (χ0v) is 12.0. The second-order valence-corrected chi connectivity index (χ2v) is 4.99. The normalized spacial score (nSPS) is 10.7. The van der Waals surface area contributed by atoms with E-state index in [1.807, 2.05) is 30.3 Å². The molecule has 0 spiro atoms. The Balaban J connectivity index is 1.51. The van der Waals surface area contributed by atoms with Crippen molar-refractivity contribution in [1.82, 2.24) is 5.32 Å². The van der Waals surface area contributed by atoms with E-state index in [-0.39, 0.29) is 0 Å². The van der Waals surface area contributed by atoms with Gasteiger partial charge in [-0.25, -0.2) is 0 Å². The highest BCUT2D eigenvalue weighted by atomic mass is 16.5. The Labute approximate surface area is 125 Å². The highest BCUT2D eigenvalue weighted by Crippen LogP contribution is 2.24. The lowest BCUT2D eigenvalue weighted by atomic mass is 10.1. The van der Waals surface area contributed by atoms with Gasteiger partial charge in [0, 0.05) is 18.5 Å². The molecule has 21 heavy (non-hydrogen) atoms. The second-order valence-electron chi connectivity index (χ2n) is 4.99. The number of hydrogen-bond donors (Lipinski definition) is 1. The van der Waals surface area contributed by atoms with Crippen LogP contribution in [0.1, 0.15) is 5.56 Å². The summed E-state index contributed by atoms with van der Waals surface area (Å²) in [5.74, 6) is 0.953. The van der Waals surface area contributed by atoms with Crippen molar-refractivity contribution in [2.75, 3.05) is 13.2 Å². The van der Waals surface area contributed by atoms with E-state index < -0.39 is 0 Å². The van der Waals surface area contributed by atoms with Crippen LogP contribution in [0.15, 0.2) is 72.8 Å². The predicted molar refractivity (Wildman–Crippen MR) is 87.6 cm³/mol. The molecule has 0 saturated heterocycles. The monoisotopic (exact) mass is 277 g/mol. The molecule has 106 valence electrons. The topological polar surface area (TPSA) is 21.3 Å². The van der Waals surface area contributed by atoms with Crippen molar-refractivity contribution in [1.29, 1.82) is 0 Å². The smallest absolute Gasteiger partial charge is 0.127 e. The van der Waals surface area contributed by atoms with Gasteiger partial charge in [0.2, 0.25) is 0 Å². The van der Waals surface area contributed by atoms with Gasteiger partial charge in [-0.1, -0.05) is 66.7 Å². The number of nitrogens with one attached hydrogen (secondary N) is 1. The first-order valence-electron chi connectivity index (χ1n) is 7.29. The molecule has 3 aromatic rings. The van der Waals surface area contributed by atoms with Gasteiger partial charge >= 0.3 is 0 Å². The molecule has 0 saturated carbocycles. The fourth-order valence-electron chi connectivity index (χ4n) is 2.38. The summed E-state index contributed by atoms with van der Waals surface area (Å²) in [7, 11) is 0. The maximum Gasteiger partial charge on any atom is 0.127 e. The molecule has 2 nitrogen and oxygen atoms in total. The van der Waals surface area contributed by atoms with Crippen LogP contribution in [0.4, 0.5) is 0 Å². The third-order valence-electron chi connectivity index (χ3n) is 3.46. The minimum atomic E-state index is 0.668. The first kappa shape index (κ1) is 13.7. The molecule has 0 heterocycles. The Morgan fingerprint density at radius 2 is 1.52 bits per heavy atom. The molecule has 0 aromatic heterocycles. The number of fused-ring (bicyclic) bond motifs is 1. The first-order chi connectivity index (χ1) is 10.4. The van der Waals surface area contributed by atoms with Crippen molar-refractivity contribution in [3.05, 3.63) is 78.4 Å². The summed E-state index contributed by atoms with van der Waals surface area (Å²) in [5.41, 5.74) is 1.29. The van der Waals surface area contributed by atoms with E-state index in [2.05, 4.69) is 47.8 Å². The molecule has 0 fully saturated rings. The summed E-state index contributed by atoms with van der Waals surface area (Å²) in [5, 5.41) is 5.78. The van der Waals surface area contributed by atoms with Gasteiger partial charge in [0.05, 0.1) is 0 Å². The van der Waals surface area contributed by atoms with Gasteiger partial charge in [-0.15, -0.1) is 0 Å². The summed E-state index contributed by atoms with van der Waals surface area (Å²) in [4.78, 5) is 0. The van der Waals surface area contributed by atoms with E-state index in [0.717, 1.165) is 18.8 Å². The van der Waals surface area contributed by atoms with Gasteiger partial charge in [-0.05, 0) is 17.0 Å². The van der Waals surface area contributed by atoms with Gasteiger partial charge in [-0.3, -0.25) is 0 Å². The maximum absolute atomic E-state index is 5.89. The van der Waals surface area contributed by atoms with E-state index in [0.29, 0.717) is 6.61 Å². The molecule has 0 unspecified atom stereocenters. The van der Waals surface area contributed by atoms with Crippen LogP contribution in [0.3, 0.4) is 0 Å². The summed E-state index contributed by atoms with van der Waals surface area (Å²) < 4.78 is 5.89. The van der Waals surface area contributed by atoms with E-state index in [1.54, 1.807) is 0 Å². The molecule has 2 heteroatoms. The Kier molecular flexibility index (Phi) is 4.49. The van der Waals surface area contributed by atoms with Crippen LogP contribution in [0.2, 0.25) is 0 Å². The fraction of sp³-hybridized carbons (Fsp3) is 0.158. The van der Waals surface area contributed by atoms with E-state index in [9.17, 15) is 0 Å². The predicted octanol–water partition coefficient (Wildman–Crippen LogP) is 4.01. The van der Waals surface area contributed by atoms with Crippen LogP contribution in [0.5, 0.6) is 5.75 Å². The zero-order chi connectivity index (χ0) is 14.3. The molecular weight excluding hydrogens is 258 g/mol. The molecule has 0 atom stereocenters. The van der Waals surface area contributed by atoms with Gasteiger partial charge in [0.1, 0.15) is 12.4 Å². The van der Waals surface area contributed by atoms with Crippen LogP contribution in [0, 0.1) is 0 Å². The third-order valence-corrected chi connectivity index (χ3v) is 3.46. The molecular formula is C19H19NO. The van der Waals surface area contributed by atoms with Gasteiger partial charge in [0.25, 0.3) is 0 Å². The number of rotatable bonds is 6. The minimum Gasteiger partial charge on any atom is -0.492 e. The van der Waals surface area contributed by atoms with Crippen molar-refractivity contribution in [3.8, 4) is 5.75 Å². The van der Waals surface area contributed by atoms with Crippen molar-refractivity contribution < 1.29 is 4.74 Å². The molecule has 0 bridgehead atoms. The number of hydrogen-bond acceptors (Lipinski definition) is 2. The Morgan fingerprint density at radius 3 is 2.43 bits per heavy atom. The maximum atomic E-state index is 5.89. The average Bonchev–Trinajstić information content (AvgIpc) is 2.56. The van der Waals surface area contributed by atoms with E-state index >= 15 is 0 Å². The van der Waals surface area contributed by atoms with Gasteiger partial charge in [0.15, 0.2) is 0 Å². The Bertz CT molecular complexity index is 689. The van der Waals surface area contributed by atoms with Crippen LogP contribution < -0.4 is 10.1 Å². The SMILES string of the molecule is c1ccc(CNCCOc2cccc3ccccc23)cc1. The van der Waals surface area contributed by atoms with Crippen LogP contribution in [-0.4, -0.2) is 13.2 Å². The molecule has 0 aliphatic heterocycles. The number of ether oxygens (including phenoxy) is 1. The quantitative estimate of drug-likeness (QED) is 0.687. The summed E-state index contributed by atoms with van der Waals surface area (Å²) in [6.45, 7) is 2.37. The largest absolute Gasteiger partial charge is 0.492 e. The standard InChI is InChI=1S/C19H19NO/c1-2-7-16(8-3-1)15-20-13-14-21-19-12-6-10-17-9-4-5-11-18(17)19/h1-12,20H,13-15H2. The molecule has 0 aliphatic rings. The lowest BCUT2D eigenvalue weighted by Crippen LogP contribution is -2.20. The van der Waals surface area contributed by atoms with E-state index in [1.165, 1.54) is 16.3 Å². The molecule has 0 amide bonds. The van der Waals surface area contributed by atoms with Crippen molar-refractivity contribution in [2.45, 2.75) is 6.54 Å². The molecule has 0 aliphatic carbocycles. The summed E-state index contributed by atoms with van der Waals surface area (Å²) in [6.07, 6.45) is 0. The second kappa shape index (κ2) is 6.91. The van der Waals surface area contributed by atoms with Crippen molar-refractivity contribution in [3.63, 3.8) is 0 Å². The van der Waals surface area contributed by atoms with Gasteiger partial charge in [-0.2, -0.15) is 0 Å². The Morgan fingerprint density at radius 1 is 0.762 bits per heavy atom. The average molecular weight is 277 g/mol. The molecule has 3 aromatic carbocycles. The van der Waals surface area contributed by atoms with Gasteiger partial charge < -0.3 is 10.1 Å².